The minimum atomic E-state index is -3.35. The number of carbonyl (C=O) groups is 1. The summed E-state index contributed by atoms with van der Waals surface area (Å²) in [6.45, 7) is 1.89. The zero-order valence-electron chi connectivity index (χ0n) is 10.2. The van der Waals surface area contributed by atoms with Gasteiger partial charge in [0.25, 0.3) is 0 Å². The van der Waals surface area contributed by atoms with Gasteiger partial charge in [-0.15, -0.1) is 0 Å². The Morgan fingerprint density at radius 1 is 1.53 bits per heavy atom. The fourth-order valence-corrected chi connectivity index (χ4v) is 1.80. The Morgan fingerprint density at radius 2 is 2.26 bits per heavy atom. The average molecular weight is 285 g/mol. The summed E-state index contributed by atoms with van der Waals surface area (Å²) in [6, 6.07) is -0.0158. The van der Waals surface area contributed by atoms with E-state index in [4.69, 9.17) is 9.15 Å². The van der Waals surface area contributed by atoms with Crippen molar-refractivity contribution in [3.05, 3.63) is 24.4 Å². The van der Waals surface area contributed by atoms with E-state index in [-0.39, 0.29) is 23.2 Å². The van der Waals surface area contributed by atoms with Gasteiger partial charge in [0, 0.05) is 6.26 Å². The van der Waals surface area contributed by atoms with E-state index >= 15 is 0 Å². The molecule has 2 aromatic rings. The summed E-state index contributed by atoms with van der Waals surface area (Å²) < 4.78 is 33.5. The van der Waals surface area contributed by atoms with Crippen LogP contribution < -0.4 is 0 Å². The second-order valence-electron chi connectivity index (χ2n) is 3.63. The molecule has 0 unspecified atom stereocenters. The van der Waals surface area contributed by atoms with E-state index in [9.17, 15) is 13.2 Å². The Morgan fingerprint density at radius 3 is 2.84 bits per heavy atom. The molecule has 0 atom stereocenters. The summed E-state index contributed by atoms with van der Waals surface area (Å²) in [7, 11) is -3.35. The molecule has 2 rings (SSSR count). The second-order valence-corrected chi connectivity index (χ2v) is 5.64. The predicted octanol–water partition coefficient (Wildman–Crippen LogP) is 0.440. The van der Waals surface area contributed by atoms with Gasteiger partial charge >= 0.3 is 12.0 Å². The standard InChI is InChI=1S/C10H11N3O5S/c1-3-17-9(14)8-6-18-10(12-8)13-5-7(4-11-13)19(2,15)16/h4-6H,3H2,1-2H3. The van der Waals surface area contributed by atoms with Crippen molar-refractivity contribution >= 4 is 15.8 Å². The minimum absolute atomic E-state index is 0.00624. The number of nitrogens with zero attached hydrogens (tertiary/aromatic N) is 3. The van der Waals surface area contributed by atoms with Gasteiger partial charge in [0.05, 0.1) is 19.0 Å². The van der Waals surface area contributed by atoms with E-state index in [1.54, 1.807) is 6.92 Å². The van der Waals surface area contributed by atoms with Crippen LogP contribution >= 0.6 is 0 Å². The highest BCUT2D eigenvalue weighted by atomic mass is 32.2. The number of carbonyl (C=O) groups excluding carboxylic acids is 1. The molecule has 0 aliphatic carbocycles. The maximum Gasteiger partial charge on any atom is 0.360 e. The molecule has 0 aromatic carbocycles. The number of hydrogen-bond donors (Lipinski definition) is 0. The SMILES string of the molecule is CCOC(=O)c1coc(-n2cc(S(C)(=O)=O)cn2)n1. The molecule has 19 heavy (non-hydrogen) atoms. The maximum atomic E-state index is 11.4. The Bertz CT molecular complexity index is 700. The summed E-state index contributed by atoms with van der Waals surface area (Å²) in [6.07, 6.45) is 4.60. The topological polar surface area (TPSA) is 104 Å². The van der Waals surface area contributed by atoms with E-state index in [0.717, 1.165) is 17.2 Å². The van der Waals surface area contributed by atoms with Crippen molar-refractivity contribution in [2.45, 2.75) is 11.8 Å². The molecule has 0 saturated heterocycles. The van der Waals surface area contributed by atoms with Crippen LogP contribution in [0.2, 0.25) is 0 Å². The van der Waals surface area contributed by atoms with Crippen LogP contribution in [-0.2, 0) is 14.6 Å². The minimum Gasteiger partial charge on any atom is -0.461 e. The molecule has 0 spiro atoms. The molecule has 0 aliphatic rings. The molecule has 8 nitrogen and oxygen atoms in total. The van der Waals surface area contributed by atoms with Gasteiger partial charge < -0.3 is 9.15 Å². The van der Waals surface area contributed by atoms with Crippen molar-refractivity contribution in [1.82, 2.24) is 14.8 Å². The summed E-state index contributed by atoms with van der Waals surface area (Å²) in [5, 5.41) is 3.80. The van der Waals surface area contributed by atoms with Crippen LogP contribution in [0.5, 0.6) is 0 Å². The molecular formula is C10H11N3O5S. The van der Waals surface area contributed by atoms with Crippen LogP contribution in [0, 0.1) is 0 Å². The summed E-state index contributed by atoms with van der Waals surface area (Å²) in [5.41, 5.74) is -0.00624. The van der Waals surface area contributed by atoms with Crippen molar-refractivity contribution in [3.63, 3.8) is 0 Å². The van der Waals surface area contributed by atoms with E-state index in [2.05, 4.69) is 10.1 Å². The van der Waals surface area contributed by atoms with Crippen LogP contribution in [0.3, 0.4) is 0 Å². The number of ether oxygens (including phenoxy) is 1. The third-order valence-electron chi connectivity index (χ3n) is 2.16. The lowest BCUT2D eigenvalue weighted by molar-refractivity contribution is 0.0519. The van der Waals surface area contributed by atoms with Gasteiger partial charge in [0.1, 0.15) is 11.2 Å². The van der Waals surface area contributed by atoms with Gasteiger partial charge in [-0.2, -0.15) is 14.8 Å². The lowest BCUT2D eigenvalue weighted by Gasteiger charge is -1.95. The Balaban J connectivity index is 2.28. The second kappa shape index (κ2) is 4.84. The smallest absolute Gasteiger partial charge is 0.360 e. The first-order chi connectivity index (χ1) is 8.91. The largest absolute Gasteiger partial charge is 0.461 e. The van der Waals surface area contributed by atoms with Gasteiger partial charge in [-0.3, -0.25) is 0 Å². The number of sulfone groups is 1. The van der Waals surface area contributed by atoms with Gasteiger partial charge in [0.15, 0.2) is 15.5 Å². The van der Waals surface area contributed by atoms with Gasteiger partial charge in [-0.1, -0.05) is 0 Å². The first kappa shape index (κ1) is 13.3. The molecule has 0 fully saturated rings. The first-order valence-electron chi connectivity index (χ1n) is 5.29. The van der Waals surface area contributed by atoms with Crippen molar-refractivity contribution in [2.75, 3.05) is 12.9 Å². The van der Waals surface area contributed by atoms with Gasteiger partial charge in [0.2, 0.25) is 0 Å². The molecule has 0 bridgehead atoms. The highest BCUT2D eigenvalue weighted by Crippen LogP contribution is 2.12. The average Bonchev–Trinajstić information content (AvgIpc) is 2.97. The van der Waals surface area contributed by atoms with E-state index in [1.807, 2.05) is 0 Å². The van der Waals surface area contributed by atoms with Crippen molar-refractivity contribution < 1.29 is 22.4 Å². The van der Waals surface area contributed by atoms with Crippen molar-refractivity contribution in [1.29, 1.82) is 0 Å². The predicted molar refractivity (Wildman–Crippen MR) is 62.7 cm³/mol. The lowest BCUT2D eigenvalue weighted by Crippen LogP contribution is -2.05. The van der Waals surface area contributed by atoms with Crippen molar-refractivity contribution in [2.24, 2.45) is 0 Å². The molecule has 102 valence electrons. The Labute approximate surface area is 108 Å². The lowest BCUT2D eigenvalue weighted by atomic mass is 10.5. The number of hydrogen-bond acceptors (Lipinski definition) is 7. The number of esters is 1. The van der Waals surface area contributed by atoms with Crippen LogP contribution in [0.4, 0.5) is 0 Å². The molecule has 0 saturated carbocycles. The quantitative estimate of drug-likeness (QED) is 0.750. The number of rotatable bonds is 4. The van der Waals surface area contributed by atoms with Crippen LogP contribution in [-0.4, -0.2) is 42.0 Å². The van der Waals surface area contributed by atoms with Crippen molar-refractivity contribution in [3.8, 4) is 6.01 Å². The normalized spacial score (nSPS) is 11.5. The highest BCUT2D eigenvalue weighted by molar-refractivity contribution is 7.90. The van der Waals surface area contributed by atoms with E-state index in [0.29, 0.717) is 0 Å². The van der Waals surface area contributed by atoms with Crippen LogP contribution in [0.1, 0.15) is 17.4 Å². The summed E-state index contributed by atoms with van der Waals surface area (Å²) in [5.74, 6) is -0.618. The van der Waals surface area contributed by atoms with Gasteiger partial charge in [-0.05, 0) is 6.92 Å². The fourth-order valence-electron chi connectivity index (χ4n) is 1.27. The molecule has 0 aliphatic heterocycles. The number of oxazole rings is 1. The first-order valence-corrected chi connectivity index (χ1v) is 7.18. The molecular weight excluding hydrogens is 274 g/mol. The molecule has 9 heteroatoms. The van der Waals surface area contributed by atoms with Crippen LogP contribution in [0.15, 0.2) is 28.0 Å². The third kappa shape index (κ3) is 2.81. The zero-order valence-corrected chi connectivity index (χ0v) is 11.0. The molecule has 0 N–H and O–H groups in total. The molecule has 2 heterocycles. The highest BCUT2D eigenvalue weighted by Gasteiger charge is 2.16. The maximum absolute atomic E-state index is 11.4. The third-order valence-corrected chi connectivity index (χ3v) is 3.23. The monoisotopic (exact) mass is 285 g/mol. The van der Waals surface area contributed by atoms with Gasteiger partial charge in [-0.25, -0.2) is 13.2 Å². The van der Waals surface area contributed by atoms with E-state index < -0.39 is 15.8 Å². The zero-order chi connectivity index (χ0) is 14.0. The Hall–Kier alpha value is -2.16. The van der Waals surface area contributed by atoms with Crippen LogP contribution in [0.25, 0.3) is 6.01 Å². The number of aromatic nitrogens is 3. The molecule has 2 aromatic heterocycles. The fraction of sp³-hybridized carbons (Fsp3) is 0.300. The molecule has 0 radical (unpaired) electrons. The Kier molecular flexibility index (Phi) is 3.38. The summed E-state index contributed by atoms with van der Waals surface area (Å²) in [4.78, 5) is 15.3. The van der Waals surface area contributed by atoms with E-state index in [1.165, 1.54) is 12.4 Å². The molecule has 0 amide bonds. The summed E-state index contributed by atoms with van der Waals surface area (Å²) >= 11 is 0.